The molecule has 0 aliphatic rings. The van der Waals surface area contributed by atoms with Crippen LogP contribution in [-0.2, 0) is 4.79 Å². The molecule has 0 fully saturated rings. The number of carbonyl (C=O) groups is 1. The number of nitrogens with one attached hydrogen (secondary N) is 1. The molecule has 1 aromatic rings. The van der Waals surface area contributed by atoms with Crippen molar-refractivity contribution in [1.82, 2.24) is 4.98 Å². The Morgan fingerprint density at radius 1 is 1.56 bits per heavy atom. The van der Waals surface area contributed by atoms with Crippen molar-refractivity contribution in [2.45, 2.75) is 20.8 Å². The number of nitrogens with zero attached hydrogens (tertiary/aromatic N) is 1. The average Bonchev–Trinajstić information content (AvgIpc) is 2.26. The molecular weight excluding hydrogens is 296 g/mol. The quantitative estimate of drug-likeness (QED) is 0.781. The second-order valence-corrected chi connectivity index (χ2v) is 5.63. The van der Waals surface area contributed by atoms with E-state index in [9.17, 15) is 4.79 Å². The highest BCUT2D eigenvalue weighted by atomic mass is 79.9. The van der Waals surface area contributed by atoms with Crippen LogP contribution in [0.5, 0.6) is 0 Å². The SMILES string of the molecule is CC(C)(C)C(=O)Nc1cc(Br)cnc1C#CCO. The third-order valence-corrected chi connectivity index (χ3v) is 2.50. The fourth-order valence-corrected chi connectivity index (χ4v) is 1.40. The van der Waals surface area contributed by atoms with E-state index in [2.05, 4.69) is 38.1 Å². The molecule has 1 aromatic heterocycles. The van der Waals surface area contributed by atoms with Crippen molar-refractivity contribution >= 4 is 27.5 Å². The van der Waals surface area contributed by atoms with Gasteiger partial charge in [0.1, 0.15) is 12.3 Å². The van der Waals surface area contributed by atoms with Crippen molar-refractivity contribution in [3.05, 3.63) is 22.4 Å². The Hall–Kier alpha value is -1.38. The minimum atomic E-state index is -0.496. The number of aromatic nitrogens is 1. The topological polar surface area (TPSA) is 62.2 Å². The van der Waals surface area contributed by atoms with Crippen LogP contribution >= 0.6 is 15.9 Å². The van der Waals surface area contributed by atoms with Gasteiger partial charge in [0.25, 0.3) is 0 Å². The van der Waals surface area contributed by atoms with E-state index in [1.807, 2.05) is 20.8 Å². The molecule has 0 bridgehead atoms. The monoisotopic (exact) mass is 310 g/mol. The zero-order chi connectivity index (χ0) is 13.8. The Morgan fingerprint density at radius 2 is 2.22 bits per heavy atom. The zero-order valence-corrected chi connectivity index (χ0v) is 12.1. The molecule has 1 heterocycles. The molecule has 2 N–H and O–H groups in total. The summed E-state index contributed by atoms with van der Waals surface area (Å²) in [6, 6.07) is 1.73. The highest BCUT2D eigenvalue weighted by Gasteiger charge is 2.22. The van der Waals surface area contributed by atoms with Gasteiger partial charge in [-0.3, -0.25) is 4.79 Å². The number of aliphatic hydroxyl groups is 1. The first-order valence-electron chi connectivity index (χ1n) is 5.41. The van der Waals surface area contributed by atoms with Gasteiger partial charge in [0.2, 0.25) is 5.91 Å². The highest BCUT2D eigenvalue weighted by molar-refractivity contribution is 9.10. The molecule has 0 atom stereocenters. The van der Waals surface area contributed by atoms with Gasteiger partial charge in [-0.05, 0) is 27.9 Å². The lowest BCUT2D eigenvalue weighted by molar-refractivity contribution is -0.123. The molecule has 96 valence electrons. The molecule has 0 radical (unpaired) electrons. The summed E-state index contributed by atoms with van der Waals surface area (Å²) in [5.74, 6) is 5.10. The predicted octanol–water partition coefficient (Wildman–Crippen LogP) is 2.17. The fraction of sp³-hybridized carbons (Fsp3) is 0.385. The first-order valence-corrected chi connectivity index (χ1v) is 6.20. The predicted molar refractivity (Wildman–Crippen MR) is 74.0 cm³/mol. The van der Waals surface area contributed by atoms with E-state index in [4.69, 9.17) is 5.11 Å². The Bertz CT molecular complexity index is 510. The van der Waals surface area contributed by atoms with Crippen molar-refractivity contribution in [1.29, 1.82) is 0 Å². The fourth-order valence-electron chi connectivity index (χ4n) is 1.07. The summed E-state index contributed by atoms with van der Waals surface area (Å²) in [5, 5.41) is 11.5. The van der Waals surface area contributed by atoms with E-state index in [1.165, 1.54) is 0 Å². The lowest BCUT2D eigenvalue weighted by Crippen LogP contribution is -2.28. The summed E-state index contributed by atoms with van der Waals surface area (Å²) >= 11 is 3.29. The maximum atomic E-state index is 11.9. The van der Waals surface area contributed by atoms with Crippen molar-refractivity contribution in [2.24, 2.45) is 5.41 Å². The minimum Gasteiger partial charge on any atom is -0.384 e. The average molecular weight is 311 g/mol. The molecule has 0 aromatic carbocycles. The number of hydrogen-bond donors (Lipinski definition) is 2. The first kappa shape index (κ1) is 14.7. The molecule has 0 unspecified atom stereocenters. The second kappa shape index (κ2) is 5.98. The molecule has 18 heavy (non-hydrogen) atoms. The first-order chi connectivity index (χ1) is 8.34. The normalized spacial score (nSPS) is 10.5. The van der Waals surface area contributed by atoms with Gasteiger partial charge < -0.3 is 10.4 Å². The summed E-state index contributed by atoms with van der Waals surface area (Å²) in [6.07, 6.45) is 1.59. The van der Waals surface area contributed by atoms with Crippen molar-refractivity contribution < 1.29 is 9.90 Å². The van der Waals surface area contributed by atoms with Crippen LogP contribution in [0.25, 0.3) is 0 Å². The van der Waals surface area contributed by atoms with Gasteiger partial charge in [0.15, 0.2) is 0 Å². The molecule has 0 saturated heterocycles. The standard InChI is InChI=1S/C13H15BrN2O2/c1-13(2,3)12(18)16-11-7-9(14)8-15-10(11)5-4-6-17/h7-8,17H,6H2,1-3H3,(H,16,18). The lowest BCUT2D eigenvalue weighted by Gasteiger charge is -2.18. The lowest BCUT2D eigenvalue weighted by atomic mass is 9.95. The summed E-state index contributed by atoms with van der Waals surface area (Å²) in [7, 11) is 0. The highest BCUT2D eigenvalue weighted by Crippen LogP contribution is 2.22. The largest absolute Gasteiger partial charge is 0.384 e. The molecule has 1 amide bonds. The van der Waals surface area contributed by atoms with E-state index in [-0.39, 0.29) is 12.5 Å². The Labute approximate surface area is 115 Å². The molecule has 0 spiro atoms. The van der Waals surface area contributed by atoms with Crippen molar-refractivity contribution in [3.8, 4) is 11.8 Å². The summed E-state index contributed by atoms with van der Waals surface area (Å²) in [4.78, 5) is 16.0. The smallest absolute Gasteiger partial charge is 0.229 e. The van der Waals surface area contributed by atoms with Gasteiger partial charge in [-0.1, -0.05) is 26.7 Å². The summed E-state index contributed by atoms with van der Waals surface area (Å²) < 4.78 is 0.751. The van der Waals surface area contributed by atoms with Crippen LogP contribution in [0.4, 0.5) is 5.69 Å². The molecular formula is C13H15BrN2O2. The van der Waals surface area contributed by atoms with Crippen LogP contribution in [0, 0.1) is 17.3 Å². The number of pyridine rings is 1. The van der Waals surface area contributed by atoms with E-state index >= 15 is 0 Å². The van der Waals surface area contributed by atoms with Crippen LogP contribution in [0.15, 0.2) is 16.7 Å². The van der Waals surface area contributed by atoms with Crippen LogP contribution in [0.1, 0.15) is 26.5 Å². The maximum absolute atomic E-state index is 11.9. The second-order valence-electron chi connectivity index (χ2n) is 4.71. The van der Waals surface area contributed by atoms with Gasteiger partial charge in [-0.15, -0.1) is 0 Å². The van der Waals surface area contributed by atoms with Gasteiger partial charge in [-0.2, -0.15) is 0 Å². The summed E-state index contributed by atoms with van der Waals surface area (Å²) in [6.45, 7) is 5.23. The van der Waals surface area contributed by atoms with Crippen molar-refractivity contribution in [3.63, 3.8) is 0 Å². The van der Waals surface area contributed by atoms with E-state index in [0.29, 0.717) is 11.4 Å². The molecule has 0 aliphatic carbocycles. The zero-order valence-electron chi connectivity index (χ0n) is 10.5. The van der Waals surface area contributed by atoms with E-state index < -0.39 is 5.41 Å². The molecule has 1 rings (SSSR count). The van der Waals surface area contributed by atoms with Gasteiger partial charge >= 0.3 is 0 Å². The maximum Gasteiger partial charge on any atom is 0.229 e. The third kappa shape index (κ3) is 4.13. The Kier molecular flexibility index (Phi) is 4.88. The van der Waals surface area contributed by atoms with Crippen LogP contribution in [0.3, 0.4) is 0 Å². The molecule has 5 heteroatoms. The van der Waals surface area contributed by atoms with Crippen LogP contribution in [-0.4, -0.2) is 22.6 Å². The molecule has 0 saturated carbocycles. The Balaban J connectivity index is 3.07. The molecule has 4 nitrogen and oxygen atoms in total. The van der Waals surface area contributed by atoms with Gasteiger partial charge in [0, 0.05) is 16.1 Å². The Morgan fingerprint density at radius 3 is 2.78 bits per heavy atom. The minimum absolute atomic E-state index is 0.116. The number of amides is 1. The van der Waals surface area contributed by atoms with E-state index in [0.717, 1.165) is 4.47 Å². The van der Waals surface area contributed by atoms with Gasteiger partial charge in [0.05, 0.1) is 5.69 Å². The van der Waals surface area contributed by atoms with Crippen LogP contribution in [0.2, 0.25) is 0 Å². The van der Waals surface area contributed by atoms with Crippen molar-refractivity contribution in [2.75, 3.05) is 11.9 Å². The third-order valence-electron chi connectivity index (χ3n) is 2.07. The number of anilines is 1. The number of rotatable bonds is 1. The van der Waals surface area contributed by atoms with Crippen LogP contribution < -0.4 is 5.32 Å². The number of halogens is 1. The summed E-state index contributed by atoms with van der Waals surface area (Å²) in [5.41, 5.74) is 0.472. The number of hydrogen-bond acceptors (Lipinski definition) is 3. The molecule has 0 aliphatic heterocycles. The van der Waals surface area contributed by atoms with Gasteiger partial charge in [-0.25, -0.2) is 4.98 Å². The van der Waals surface area contributed by atoms with E-state index in [1.54, 1.807) is 12.3 Å². The number of carbonyl (C=O) groups excluding carboxylic acids is 1. The number of aliphatic hydroxyl groups excluding tert-OH is 1.